The number of hydrogen-bond acceptors (Lipinski definition) is 9. The number of morpholine rings is 1. The van der Waals surface area contributed by atoms with Crippen LogP contribution in [0.5, 0.6) is 5.75 Å². The molecule has 1 aliphatic heterocycles. The van der Waals surface area contributed by atoms with Crippen molar-refractivity contribution >= 4 is 11.6 Å². The van der Waals surface area contributed by atoms with Gasteiger partial charge >= 0.3 is 0 Å². The second kappa shape index (κ2) is 9.47. The molecule has 0 amide bonds. The molecule has 156 valence electrons. The third-order valence-electron chi connectivity index (χ3n) is 4.86. The van der Waals surface area contributed by atoms with E-state index in [0.29, 0.717) is 24.6 Å². The van der Waals surface area contributed by atoms with E-state index < -0.39 is 0 Å². The maximum absolute atomic E-state index is 5.78. The summed E-state index contributed by atoms with van der Waals surface area (Å²) in [5, 5.41) is 0. The van der Waals surface area contributed by atoms with Gasteiger partial charge in [-0.3, -0.25) is 4.90 Å². The molecule has 0 saturated carbocycles. The summed E-state index contributed by atoms with van der Waals surface area (Å²) < 4.78 is 11.1. The lowest BCUT2D eigenvalue weighted by molar-refractivity contribution is 0.0322. The average molecular weight is 407 g/mol. The predicted octanol–water partition coefficient (Wildman–Crippen LogP) is 1.40. The van der Waals surface area contributed by atoms with Crippen LogP contribution >= 0.6 is 0 Å². The first-order valence-electron chi connectivity index (χ1n) is 9.88. The highest BCUT2D eigenvalue weighted by Gasteiger charge is 2.10. The maximum atomic E-state index is 5.78. The number of ether oxygens (including phenoxy) is 2. The van der Waals surface area contributed by atoms with Crippen LogP contribution in [0.3, 0.4) is 0 Å². The highest BCUT2D eigenvalue weighted by Crippen LogP contribution is 2.20. The summed E-state index contributed by atoms with van der Waals surface area (Å²) in [5.41, 5.74) is 14.1. The maximum Gasteiger partial charge on any atom is 0.166 e. The van der Waals surface area contributed by atoms with Crippen LogP contribution in [0.1, 0.15) is 11.3 Å². The molecule has 0 spiro atoms. The smallest absolute Gasteiger partial charge is 0.166 e. The number of nitrogens with two attached hydrogens (primary N) is 2. The number of benzene rings is 1. The molecule has 3 heterocycles. The SMILES string of the molecule is Nc1ncc(Cc2cccc(-c3ncc(OCCN4CCOCC4)cn3)c2)nc1N. The highest BCUT2D eigenvalue weighted by atomic mass is 16.5. The van der Waals surface area contributed by atoms with Gasteiger partial charge in [-0.25, -0.2) is 19.9 Å². The van der Waals surface area contributed by atoms with E-state index >= 15 is 0 Å². The monoisotopic (exact) mass is 407 g/mol. The van der Waals surface area contributed by atoms with Crippen molar-refractivity contribution in [2.24, 2.45) is 0 Å². The molecule has 2 aromatic heterocycles. The van der Waals surface area contributed by atoms with Gasteiger partial charge in [0.2, 0.25) is 0 Å². The van der Waals surface area contributed by atoms with Crippen LogP contribution in [-0.4, -0.2) is 64.3 Å². The van der Waals surface area contributed by atoms with Crippen molar-refractivity contribution in [3.8, 4) is 17.1 Å². The summed E-state index contributed by atoms with van der Waals surface area (Å²) in [4.78, 5) is 19.6. The Kier molecular flexibility index (Phi) is 6.31. The second-order valence-electron chi connectivity index (χ2n) is 7.05. The quantitative estimate of drug-likeness (QED) is 0.598. The van der Waals surface area contributed by atoms with Crippen LogP contribution in [0.15, 0.2) is 42.9 Å². The van der Waals surface area contributed by atoms with E-state index in [1.54, 1.807) is 18.6 Å². The van der Waals surface area contributed by atoms with E-state index in [0.717, 1.165) is 49.7 Å². The predicted molar refractivity (Wildman–Crippen MR) is 114 cm³/mol. The molecule has 3 aromatic rings. The molecule has 0 atom stereocenters. The number of rotatable bonds is 7. The summed E-state index contributed by atoms with van der Waals surface area (Å²) in [6, 6.07) is 7.99. The number of aromatic nitrogens is 4. The Bertz CT molecular complexity index is 975. The average Bonchev–Trinajstić information content (AvgIpc) is 2.78. The number of nitrogens with zero attached hydrogens (tertiary/aromatic N) is 5. The van der Waals surface area contributed by atoms with Crippen LogP contribution < -0.4 is 16.2 Å². The lowest BCUT2D eigenvalue weighted by Crippen LogP contribution is -2.38. The highest BCUT2D eigenvalue weighted by molar-refractivity contribution is 5.56. The largest absolute Gasteiger partial charge is 0.489 e. The van der Waals surface area contributed by atoms with Gasteiger partial charge < -0.3 is 20.9 Å². The van der Waals surface area contributed by atoms with Gasteiger partial charge in [0.1, 0.15) is 6.61 Å². The van der Waals surface area contributed by atoms with Gasteiger partial charge in [-0.15, -0.1) is 0 Å². The first-order chi connectivity index (χ1) is 14.7. The van der Waals surface area contributed by atoms with Gasteiger partial charge in [-0.05, 0) is 11.6 Å². The Morgan fingerprint density at radius 1 is 1.00 bits per heavy atom. The van der Waals surface area contributed by atoms with Gasteiger partial charge in [0.15, 0.2) is 23.2 Å². The van der Waals surface area contributed by atoms with Crippen LogP contribution in [-0.2, 0) is 11.2 Å². The summed E-state index contributed by atoms with van der Waals surface area (Å²) in [6.07, 6.45) is 5.65. The molecular formula is C21H25N7O2. The first-order valence-corrected chi connectivity index (χ1v) is 9.88. The second-order valence-corrected chi connectivity index (χ2v) is 7.05. The Balaban J connectivity index is 1.36. The standard InChI is InChI=1S/C21H25N7O2/c22-19-20(23)27-17(12-24-19)11-15-2-1-3-16(10-15)21-25-13-18(14-26-21)30-9-6-28-4-7-29-8-5-28/h1-3,10,12-14H,4-9,11H2,(H2,22,24)(H2,23,27). The Hall–Kier alpha value is -3.30. The fourth-order valence-corrected chi connectivity index (χ4v) is 3.22. The van der Waals surface area contributed by atoms with Crippen LogP contribution in [0.2, 0.25) is 0 Å². The zero-order valence-corrected chi connectivity index (χ0v) is 16.7. The van der Waals surface area contributed by atoms with E-state index in [1.807, 2.05) is 24.3 Å². The summed E-state index contributed by atoms with van der Waals surface area (Å²) in [7, 11) is 0. The lowest BCUT2D eigenvalue weighted by atomic mass is 10.1. The molecule has 1 fully saturated rings. The van der Waals surface area contributed by atoms with Gasteiger partial charge in [0.05, 0.1) is 37.5 Å². The number of hydrogen-bond donors (Lipinski definition) is 2. The van der Waals surface area contributed by atoms with Crippen molar-refractivity contribution in [2.75, 3.05) is 50.9 Å². The van der Waals surface area contributed by atoms with Crippen LogP contribution in [0.4, 0.5) is 11.6 Å². The normalized spacial score (nSPS) is 14.5. The fourth-order valence-electron chi connectivity index (χ4n) is 3.22. The van der Waals surface area contributed by atoms with Crippen molar-refractivity contribution in [2.45, 2.75) is 6.42 Å². The Morgan fingerprint density at radius 2 is 1.80 bits per heavy atom. The zero-order valence-electron chi connectivity index (χ0n) is 16.7. The van der Waals surface area contributed by atoms with Crippen LogP contribution in [0.25, 0.3) is 11.4 Å². The van der Waals surface area contributed by atoms with E-state index in [4.69, 9.17) is 20.9 Å². The topological polar surface area (TPSA) is 125 Å². The number of nitrogen functional groups attached to an aromatic ring is 2. The summed E-state index contributed by atoms with van der Waals surface area (Å²) >= 11 is 0. The Morgan fingerprint density at radius 3 is 2.57 bits per heavy atom. The van der Waals surface area contributed by atoms with E-state index in [-0.39, 0.29) is 11.6 Å². The molecule has 30 heavy (non-hydrogen) atoms. The molecule has 0 radical (unpaired) electrons. The zero-order chi connectivity index (χ0) is 20.8. The minimum Gasteiger partial charge on any atom is -0.489 e. The minimum absolute atomic E-state index is 0.244. The molecule has 1 aromatic carbocycles. The minimum atomic E-state index is 0.244. The third-order valence-corrected chi connectivity index (χ3v) is 4.86. The lowest BCUT2D eigenvalue weighted by Gasteiger charge is -2.26. The molecular weight excluding hydrogens is 382 g/mol. The van der Waals surface area contributed by atoms with Gasteiger partial charge in [0.25, 0.3) is 0 Å². The summed E-state index contributed by atoms with van der Waals surface area (Å²) in [5.74, 6) is 1.79. The molecule has 9 heteroatoms. The molecule has 4 rings (SSSR count). The molecule has 9 nitrogen and oxygen atoms in total. The molecule has 0 bridgehead atoms. The molecule has 0 unspecified atom stereocenters. The first kappa shape index (κ1) is 20.0. The van der Waals surface area contributed by atoms with Crippen molar-refractivity contribution in [3.05, 3.63) is 54.1 Å². The molecule has 1 saturated heterocycles. The van der Waals surface area contributed by atoms with Gasteiger partial charge in [-0.2, -0.15) is 0 Å². The molecule has 0 aliphatic carbocycles. The third kappa shape index (κ3) is 5.19. The van der Waals surface area contributed by atoms with E-state index in [1.165, 1.54) is 0 Å². The molecule has 1 aliphatic rings. The van der Waals surface area contributed by atoms with Crippen LogP contribution in [0, 0.1) is 0 Å². The van der Waals surface area contributed by atoms with Crippen molar-refractivity contribution in [3.63, 3.8) is 0 Å². The van der Waals surface area contributed by atoms with Crippen molar-refractivity contribution in [1.29, 1.82) is 0 Å². The molecule has 4 N–H and O–H groups in total. The van der Waals surface area contributed by atoms with E-state index in [9.17, 15) is 0 Å². The fraction of sp³-hybridized carbons (Fsp3) is 0.333. The van der Waals surface area contributed by atoms with E-state index in [2.05, 4.69) is 24.8 Å². The Labute approximate surface area is 175 Å². The number of anilines is 2. The van der Waals surface area contributed by atoms with Crippen molar-refractivity contribution in [1.82, 2.24) is 24.8 Å². The van der Waals surface area contributed by atoms with Crippen molar-refractivity contribution < 1.29 is 9.47 Å². The summed E-state index contributed by atoms with van der Waals surface area (Å²) in [6.45, 7) is 4.94. The van der Waals surface area contributed by atoms with Gasteiger partial charge in [-0.1, -0.05) is 18.2 Å². The van der Waals surface area contributed by atoms with Gasteiger partial charge in [0, 0.05) is 31.6 Å².